The van der Waals surface area contributed by atoms with E-state index < -0.39 is 73.0 Å². The standard InChI is InChI=1S/C45H64N6O13/c1-27-18-31-19-28(2)40(27)63-17-16-61-32-20-37(51(23-32)43(57)30-12-9-14-60-26-30)62-15-8-4-7-13-45(44(58)59)21-34(52)38(41(64-45)39(55)35(53)22-46-42(31)56)47-36(54)25-50-24-33(48-49-50)29-10-5-3-6-11-29/h4,8,18-19,24,29-30,32,34-35,37-39,41,52-53,55H,3,5-7,9-17,20-23,25-26H2,1-2H3,(H,46,56)(H,47,54)(H,58,59)/b8-4+/t30?,32-,34+,35-,37+,38-,39-,41-,45-/m1/s1. The van der Waals surface area contributed by atoms with Crippen LogP contribution in [0.1, 0.15) is 104 Å². The van der Waals surface area contributed by atoms with Gasteiger partial charge in [-0.15, -0.1) is 5.10 Å². The molecule has 0 radical (unpaired) electrons. The maximum absolute atomic E-state index is 13.7. The Morgan fingerprint density at radius 1 is 0.969 bits per heavy atom. The SMILES string of the molecule is Cc1cc2cc(C)c1OCCO[C@@H]1C[C@H](OC/C=C/CC[C@]3(C(=O)O)C[C@H](O)[C@@H](NC(=O)Cn4cc(C5CCCCC5)nn4)[C@@H](O3)[C@H](O)[C@H](O)CNC2=O)N(C(=O)C2CCCOC2)C1. The number of aliphatic hydroxyl groups excluding tert-OH is 3. The molecule has 6 bridgehead atoms. The number of carboxylic acid groups (broad SMARTS) is 1. The molecule has 8 rings (SSSR count). The Kier molecular flexibility index (Phi) is 16.1. The second kappa shape index (κ2) is 21.7. The van der Waals surface area contributed by atoms with Crippen LogP contribution in [0.5, 0.6) is 5.75 Å². The number of aliphatic hydroxyl groups is 3. The zero-order chi connectivity index (χ0) is 45.4. The fourth-order valence-electron chi connectivity index (χ4n) is 9.71. The number of aryl methyl sites for hydroxylation is 2. The van der Waals surface area contributed by atoms with Crippen molar-refractivity contribution in [2.45, 2.75) is 145 Å². The van der Waals surface area contributed by atoms with Crippen LogP contribution in [-0.2, 0) is 39.9 Å². The van der Waals surface area contributed by atoms with Crippen molar-refractivity contribution in [3.05, 3.63) is 52.9 Å². The normalized spacial score (nSPS) is 32.1. The minimum absolute atomic E-state index is 0.0606. The van der Waals surface area contributed by atoms with Crippen LogP contribution in [0.2, 0.25) is 0 Å². The van der Waals surface area contributed by atoms with Crippen molar-refractivity contribution in [1.29, 1.82) is 0 Å². The summed E-state index contributed by atoms with van der Waals surface area (Å²) in [5, 5.41) is 59.0. The number of hydrogen-bond acceptors (Lipinski definition) is 14. The van der Waals surface area contributed by atoms with E-state index in [1.165, 1.54) is 11.1 Å². The predicted octanol–water partition coefficient (Wildman–Crippen LogP) is 1.67. The number of fused-ring (bicyclic) bond motifs is 13. The van der Waals surface area contributed by atoms with Gasteiger partial charge in [-0.2, -0.15) is 0 Å². The smallest absolute Gasteiger partial charge is 0.336 e. The van der Waals surface area contributed by atoms with Gasteiger partial charge in [-0.25, -0.2) is 9.48 Å². The number of carbonyl (C=O) groups excluding carboxylic acids is 3. The van der Waals surface area contributed by atoms with Crippen LogP contribution >= 0.6 is 0 Å². The summed E-state index contributed by atoms with van der Waals surface area (Å²) in [6.07, 6.45) is 4.29. The lowest BCUT2D eigenvalue weighted by atomic mass is 9.81. The molecule has 19 nitrogen and oxygen atoms in total. The molecule has 0 spiro atoms. The van der Waals surface area contributed by atoms with E-state index in [4.69, 9.17) is 23.7 Å². The summed E-state index contributed by atoms with van der Waals surface area (Å²) in [5.74, 6) is -2.09. The van der Waals surface area contributed by atoms with E-state index in [1.54, 1.807) is 49.2 Å². The molecule has 1 unspecified atom stereocenters. The zero-order valence-electron chi connectivity index (χ0n) is 36.8. The van der Waals surface area contributed by atoms with Crippen LogP contribution in [-0.4, -0.2) is 159 Å². The third-order valence-corrected chi connectivity index (χ3v) is 13.2. The van der Waals surface area contributed by atoms with Crippen molar-refractivity contribution in [3.8, 4) is 5.75 Å². The maximum atomic E-state index is 13.7. The third kappa shape index (κ3) is 11.5. The third-order valence-electron chi connectivity index (χ3n) is 13.2. The Morgan fingerprint density at radius 3 is 2.48 bits per heavy atom. The van der Waals surface area contributed by atoms with Gasteiger partial charge in [0.25, 0.3) is 5.91 Å². The average molecular weight is 897 g/mol. The first kappa shape index (κ1) is 47.5. The minimum atomic E-state index is -2.05. The van der Waals surface area contributed by atoms with Crippen molar-refractivity contribution in [1.82, 2.24) is 30.5 Å². The molecule has 6 N–H and O–H groups in total. The van der Waals surface area contributed by atoms with Gasteiger partial charge in [0.05, 0.1) is 55.8 Å². The van der Waals surface area contributed by atoms with Crippen molar-refractivity contribution in [2.75, 3.05) is 46.1 Å². The summed E-state index contributed by atoms with van der Waals surface area (Å²) in [6, 6.07) is 1.90. The number of benzene rings is 1. The number of carboxylic acids is 1. The van der Waals surface area contributed by atoms with Crippen LogP contribution in [0.15, 0.2) is 30.5 Å². The maximum Gasteiger partial charge on any atom is 0.336 e. The lowest BCUT2D eigenvalue weighted by molar-refractivity contribution is -0.229. The summed E-state index contributed by atoms with van der Waals surface area (Å²) in [7, 11) is 0. The zero-order valence-corrected chi connectivity index (χ0v) is 36.8. The number of rotatable bonds is 6. The van der Waals surface area contributed by atoms with Gasteiger partial charge in [0.2, 0.25) is 11.8 Å². The average Bonchev–Trinajstić information content (AvgIpc) is 3.93. The lowest BCUT2D eigenvalue weighted by Gasteiger charge is -2.47. The van der Waals surface area contributed by atoms with Crippen LogP contribution in [0.4, 0.5) is 0 Å². The fraction of sp³-hybridized carbons (Fsp3) is 0.689. The van der Waals surface area contributed by atoms with E-state index in [0.717, 1.165) is 44.2 Å². The van der Waals surface area contributed by atoms with Gasteiger partial charge in [-0.3, -0.25) is 14.4 Å². The van der Waals surface area contributed by atoms with Gasteiger partial charge in [0.15, 0.2) is 5.60 Å². The molecule has 19 heteroatoms. The molecule has 4 fully saturated rings. The number of carbonyl (C=O) groups is 4. The number of allylic oxidation sites excluding steroid dienone is 1. The molecule has 1 aliphatic carbocycles. The quantitative estimate of drug-likeness (QED) is 0.226. The van der Waals surface area contributed by atoms with Crippen molar-refractivity contribution in [3.63, 3.8) is 0 Å². The van der Waals surface area contributed by atoms with Crippen LogP contribution in [0.3, 0.4) is 0 Å². The molecule has 9 atom stereocenters. The molecule has 352 valence electrons. The van der Waals surface area contributed by atoms with E-state index in [2.05, 4.69) is 20.9 Å². The van der Waals surface area contributed by atoms with Crippen molar-refractivity contribution in [2.24, 2.45) is 5.92 Å². The highest BCUT2D eigenvalue weighted by Gasteiger charge is 2.54. The number of ether oxygens (including phenoxy) is 5. The van der Waals surface area contributed by atoms with E-state index in [1.807, 2.05) is 0 Å². The number of amides is 3. The topological polar surface area (TPSA) is 253 Å². The molecule has 6 heterocycles. The highest BCUT2D eigenvalue weighted by atomic mass is 16.6. The monoisotopic (exact) mass is 896 g/mol. The van der Waals surface area contributed by atoms with Gasteiger partial charge >= 0.3 is 5.97 Å². The summed E-state index contributed by atoms with van der Waals surface area (Å²) in [6.45, 7) is 4.69. The van der Waals surface area contributed by atoms with Crippen molar-refractivity contribution >= 4 is 23.7 Å². The van der Waals surface area contributed by atoms with Gasteiger partial charge < -0.3 is 59.6 Å². The van der Waals surface area contributed by atoms with E-state index in [0.29, 0.717) is 43.1 Å². The van der Waals surface area contributed by atoms with Crippen LogP contribution in [0.25, 0.3) is 0 Å². The molecule has 2 aromatic rings. The first-order chi connectivity index (χ1) is 30.8. The lowest BCUT2D eigenvalue weighted by Crippen LogP contribution is -2.67. The molecule has 5 aliphatic heterocycles. The number of nitrogens with zero attached hydrogens (tertiary/aromatic N) is 4. The Labute approximate surface area is 372 Å². The van der Waals surface area contributed by atoms with Gasteiger partial charge in [0.1, 0.15) is 37.3 Å². The summed E-state index contributed by atoms with van der Waals surface area (Å²) >= 11 is 0. The van der Waals surface area contributed by atoms with Gasteiger partial charge in [-0.1, -0.05) is 36.6 Å². The molecule has 1 saturated carbocycles. The largest absolute Gasteiger partial charge is 0.491 e. The summed E-state index contributed by atoms with van der Waals surface area (Å²) in [4.78, 5) is 55.4. The predicted molar refractivity (Wildman–Crippen MR) is 227 cm³/mol. The molecule has 3 amide bonds. The molecule has 1 aromatic heterocycles. The first-order valence-electron chi connectivity index (χ1n) is 22.8. The number of hydrogen-bond donors (Lipinski definition) is 6. The van der Waals surface area contributed by atoms with Crippen molar-refractivity contribution < 1.29 is 63.3 Å². The second-order valence-corrected chi connectivity index (χ2v) is 17.9. The van der Waals surface area contributed by atoms with Crippen LogP contribution in [0, 0.1) is 19.8 Å². The molecular weight excluding hydrogens is 833 g/mol. The Morgan fingerprint density at radius 2 is 1.75 bits per heavy atom. The highest BCUT2D eigenvalue weighted by molar-refractivity contribution is 5.95. The molecular formula is C45H64N6O13. The number of aromatic nitrogens is 3. The van der Waals surface area contributed by atoms with Gasteiger partial charge in [-0.05, 0) is 75.6 Å². The number of aliphatic carboxylic acids is 1. The summed E-state index contributed by atoms with van der Waals surface area (Å²) in [5.41, 5.74) is 0.363. The Balaban J connectivity index is 1.10. The Bertz CT molecular complexity index is 1940. The number of nitrogens with one attached hydrogen (secondary N) is 2. The second-order valence-electron chi connectivity index (χ2n) is 17.9. The van der Waals surface area contributed by atoms with E-state index in [-0.39, 0.29) is 68.6 Å². The van der Waals surface area contributed by atoms with E-state index >= 15 is 0 Å². The minimum Gasteiger partial charge on any atom is -0.491 e. The molecule has 1 aromatic carbocycles. The highest BCUT2D eigenvalue weighted by Crippen LogP contribution is 2.37. The summed E-state index contributed by atoms with van der Waals surface area (Å²) < 4.78 is 31.7. The molecule has 6 aliphatic rings. The molecule has 3 saturated heterocycles. The molecule has 64 heavy (non-hydrogen) atoms. The fourth-order valence-corrected chi connectivity index (χ4v) is 9.71. The van der Waals surface area contributed by atoms with E-state index in [9.17, 15) is 39.6 Å². The first-order valence-corrected chi connectivity index (χ1v) is 22.8. The van der Waals surface area contributed by atoms with Gasteiger partial charge in [0, 0.05) is 50.2 Å². The van der Waals surface area contributed by atoms with Crippen LogP contribution < -0.4 is 15.4 Å². The number of likely N-dealkylation sites (tertiary alicyclic amines) is 1. The Hall–Kier alpha value is -4.50.